The van der Waals surface area contributed by atoms with Gasteiger partial charge in [-0.25, -0.2) is 18.6 Å². The van der Waals surface area contributed by atoms with E-state index in [9.17, 15) is 18.4 Å². The predicted octanol–water partition coefficient (Wildman–Crippen LogP) is 6.45. The summed E-state index contributed by atoms with van der Waals surface area (Å²) in [7, 11) is 1.47. The summed E-state index contributed by atoms with van der Waals surface area (Å²) in [6, 6.07) is 23.1. The van der Waals surface area contributed by atoms with Gasteiger partial charge < -0.3 is 14.2 Å². The third-order valence-corrected chi connectivity index (χ3v) is 8.67. The Hall–Kier alpha value is -5.06. The first-order valence-corrected chi connectivity index (χ1v) is 15.8. The van der Waals surface area contributed by atoms with Gasteiger partial charge in [-0.1, -0.05) is 77.5 Å². The first kappa shape index (κ1) is 31.9. The van der Waals surface area contributed by atoms with Crippen LogP contribution >= 0.6 is 22.9 Å². The molecule has 5 aromatic rings. The number of fused-ring (bicyclic) bond motifs is 1. The number of nitrogens with zero attached hydrogens (tertiary/aromatic N) is 2. The Balaban J connectivity index is 1.48. The number of carbonyl (C=O) groups excluding carboxylic acids is 1. The minimum atomic E-state index is -0.941. The molecule has 1 aromatic heterocycles. The number of ether oxygens (including phenoxy) is 3. The highest BCUT2D eigenvalue weighted by Crippen LogP contribution is 2.38. The van der Waals surface area contributed by atoms with E-state index in [4.69, 9.17) is 30.8 Å². The van der Waals surface area contributed by atoms with Crippen molar-refractivity contribution in [1.82, 2.24) is 4.57 Å². The van der Waals surface area contributed by atoms with Crippen LogP contribution in [0.1, 0.15) is 35.2 Å². The lowest BCUT2D eigenvalue weighted by molar-refractivity contribution is -0.138. The highest BCUT2D eigenvalue weighted by atomic mass is 35.5. The summed E-state index contributed by atoms with van der Waals surface area (Å²) < 4.78 is 46.0. The second-order valence-corrected chi connectivity index (χ2v) is 11.8. The van der Waals surface area contributed by atoms with Crippen molar-refractivity contribution in [3.05, 3.63) is 155 Å². The topological polar surface area (TPSA) is 79.1 Å². The number of halogens is 3. The molecule has 4 aromatic carbocycles. The van der Waals surface area contributed by atoms with Crippen LogP contribution in [0, 0.1) is 11.6 Å². The fourth-order valence-electron chi connectivity index (χ4n) is 5.25. The highest BCUT2D eigenvalue weighted by molar-refractivity contribution is 7.07. The first-order valence-electron chi connectivity index (χ1n) is 14.6. The lowest BCUT2D eigenvalue weighted by Crippen LogP contribution is -2.40. The summed E-state index contributed by atoms with van der Waals surface area (Å²) in [5.74, 6) is -0.816. The van der Waals surface area contributed by atoms with Crippen molar-refractivity contribution in [2.75, 3.05) is 13.7 Å². The maximum Gasteiger partial charge on any atom is 0.338 e. The van der Waals surface area contributed by atoms with E-state index in [1.54, 1.807) is 49.4 Å². The molecule has 0 unspecified atom stereocenters. The Kier molecular flexibility index (Phi) is 9.33. The first-order chi connectivity index (χ1) is 22.8. The van der Waals surface area contributed by atoms with Gasteiger partial charge in [0.05, 0.1) is 40.6 Å². The van der Waals surface area contributed by atoms with E-state index in [0.717, 1.165) is 16.9 Å². The van der Waals surface area contributed by atoms with Gasteiger partial charge in [-0.3, -0.25) is 9.36 Å². The molecule has 238 valence electrons. The molecule has 1 atom stereocenters. The molecule has 0 amide bonds. The monoisotopic (exact) mass is 672 g/mol. The molecule has 0 radical (unpaired) electrons. The van der Waals surface area contributed by atoms with Crippen LogP contribution in [0.15, 0.2) is 106 Å². The van der Waals surface area contributed by atoms with Gasteiger partial charge in [0, 0.05) is 5.56 Å². The van der Waals surface area contributed by atoms with Gasteiger partial charge in [0.25, 0.3) is 5.56 Å². The van der Waals surface area contributed by atoms with Crippen LogP contribution in [-0.4, -0.2) is 24.3 Å². The molecule has 0 aliphatic carbocycles. The summed E-state index contributed by atoms with van der Waals surface area (Å²) in [6.07, 6.45) is 1.65. The Morgan fingerprint density at radius 1 is 1.00 bits per heavy atom. The van der Waals surface area contributed by atoms with E-state index in [2.05, 4.69) is 0 Å². The van der Waals surface area contributed by atoms with E-state index in [1.807, 2.05) is 30.3 Å². The summed E-state index contributed by atoms with van der Waals surface area (Å²) >= 11 is 7.76. The summed E-state index contributed by atoms with van der Waals surface area (Å²) in [6.45, 7) is 1.93. The zero-order valence-corrected chi connectivity index (χ0v) is 26.8. The molecule has 11 heteroatoms. The van der Waals surface area contributed by atoms with Crippen LogP contribution in [0.4, 0.5) is 8.78 Å². The van der Waals surface area contributed by atoms with Gasteiger partial charge in [-0.15, -0.1) is 0 Å². The van der Waals surface area contributed by atoms with Crippen LogP contribution in [0.3, 0.4) is 0 Å². The van der Waals surface area contributed by atoms with E-state index in [0.29, 0.717) is 43.2 Å². The van der Waals surface area contributed by atoms with Gasteiger partial charge in [0.2, 0.25) is 0 Å². The van der Waals surface area contributed by atoms with Crippen LogP contribution in [0.2, 0.25) is 5.02 Å². The van der Waals surface area contributed by atoms with Gasteiger partial charge >= 0.3 is 5.97 Å². The lowest BCUT2D eigenvalue weighted by Gasteiger charge is -2.25. The minimum absolute atomic E-state index is 0.108. The highest BCUT2D eigenvalue weighted by Gasteiger charge is 2.35. The molecule has 1 aliphatic rings. The summed E-state index contributed by atoms with van der Waals surface area (Å²) in [5, 5.41) is 0.241. The molecule has 0 fully saturated rings. The molecule has 6 rings (SSSR count). The van der Waals surface area contributed by atoms with Gasteiger partial charge in [0.1, 0.15) is 18.2 Å². The van der Waals surface area contributed by atoms with Gasteiger partial charge in [-0.2, -0.15) is 0 Å². The lowest BCUT2D eigenvalue weighted by atomic mass is 9.93. The number of hydrogen-bond acceptors (Lipinski definition) is 7. The fraction of sp³-hybridized carbons (Fsp3) is 0.139. The molecule has 0 spiro atoms. The normalized spacial score (nSPS) is 14.4. The largest absolute Gasteiger partial charge is 0.493 e. The third kappa shape index (κ3) is 6.61. The standard InChI is InChI=1S/C36H27ClF2N2O5S/c1-3-45-35(43)30-31(23-7-5-4-6-8-23)40-36-41(32(30)24-11-15-26(39)16-12-24)34(42)29(47-36)19-22-17-27(37)33(28(18-22)44-2)46-20-21-9-13-25(38)14-10-21/h4-19,32H,3,20H2,1-2H3/b29-19-/t32-/m1/s1. The maximum absolute atomic E-state index is 14.1. The van der Waals surface area contributed by atoms with Crippen molar-refractivity contribution >= 4 is 40.7 Å². The molecule has 7 nitrogen and oxygen atoms in total. The molecule has 0 saturated carbocycles. The molecule has 47 heavy (non-hydrogen) atoms. The van der Waals surface area contributed by atoms with Crippen LogP contribution in [-0.2, 0) is 16.1 Å². The maximum atomic E-state index is 14.1. The van der Waals surface area contributed by atoms with Crippen LogP contribution < -0.4 is 24.4 Å². The number of methoxy groups -OCH3 is 1. The Morgan fingerprint density at radius 3 is 2.34 bits per heavy atom. The van der Waals surface area contributed by atoms with E-state index < -0.39 is 23.4 Å². The average molecular weight is 673 g/mol. The minimum Gasteiger partial charge on any atom is -0.493 e. The second-order valence-electron chi connectivity index (χ2n) is 10.4. The van der Waals surface area contributed by atoms with Gasteiger partial charge in [-0.05, 0) is 66.1 Å². The molecule has 0 saturated heterocycles. The Labute approximate surface area is 277 Å². The van der Waals surface area contributed by atoms with Crippen molar-refractivity contribution in [2.45, 2.75) is 19.6 Å². The Bertz CT molecular complexity index is 2160. The molecular formula is C36H27ClF2N2O5S. The van der Waals surface area contributed by atoms with Crippen LogP contribution in [0.5, 0.6) is 11.5 Å². The zero-order chi connectivity index (χ0) is 33.1. The number of benzene rings is 4. The average Bonchev–Trinajstić information content (AvgIpc) is 3.38. The number of hydrogen-bond donors (Lipinski definition) is 0. The molecule has 1 aliphatic heterocycles. The Morgan fingerprint density at radius 2 is 1.68 bits per heavy atom. The zero-order valence-electron chi connectivity index (χ0n) is 25.2. The number of rotatable bonds is 9. The van der Waals surface area contributed by atoms with Crippen molar-refractivity contribution in [2.24, 2.45) is 4.99 Å². The molecular weight excluding hydrogens is 646 g/mol. The summed E-state index contributed by atoms with van der Waals surface area (Å²) in [4.78, 5) is 32.9. The molecule has 2 heterocycles. The number of carbonyl (C=O) groups is 1. The predicted molar refractivity (Wildman–Crippen MR) is 176 cm³/mol. The fourth-order valence-corrected chi connectivity index (χ4v) is 6.53. The second kappa shape index (κ2) is 13.7. The SMILES string of the molecule is CCOC(=O)C1=C(c2ccccc2)N=c2s/c(=C\c3cc(Cl)c(OCc4ccc(F)cc4)c(OC)c3)c(=O)n2[C@@H]1c1ccc(F)cc1. The van der Waals surface area contributed by atoms with E-state index in [-0.39, 0.29) is 29.6 Å². The number of thiazole rings is 1. The quantitative estimate of drug-likeness (QED) is 0.168. The van der Waals surface area contributed by atoms with Crippen LogP contribution in [0.25, 0.3) is 11.8 Å². The molecule has 0 N–H and O–H groups in total. The number of aromatic nitrogens is 1. The number of esters is 1. The molecule has 0 bridgehead atoms. The van der Waals surface area contributed by atoms with Crippen molar-refractivity contribution in [3.63, 3.8) is 0 Å². The third-order valence-electron chi connectivity index (χ3n) is 7.41. The summed E-state index contributed by atoms with van der Waals surface area (Å²) in [5.41, 5.74) is 2.57. The smallest absolute Gasteiger partial charge is 0.338 e. The van der Waals surface area contributed by atoms with Crippen molar-refractivity contribution < 1.29 is 27.8 Å². The van der Waals surface area contributed by atoms with Crippen molar-refractivity contribution in [3.8, 4) is 11.5 Å². The van der Waals surface area contributed by atoms with E-state index in [1.165, 1.54) is 35.9 Å². The van der Waals surface area contributed by atoms with Gasteiger partial charge in [0.15, 0.2) is 16.3 Å². The van der Waals surface area contributed by atoms with E-state index >= 15 is 0 Å². The van der Waals surface area contributed by atoms with Crippen molar-refractivity contribution in [1.29, 1.82) is 0 Å².